The van der Waals surface area contributed by atoms with Gasteiger partial charge in [-0.2, -0.15) is 0 Å². The minimum absolute atomic E-state index is 0.0985. The van der Waals surface area contributed by atoms with Crippen LogP contribution in [0.2, 0.25) is 0 Å². The van der Waals surface area contributed by atoms with Crippen LogP contribution in [0.25, 0.3) is 0 Å². The third-order valence-corrected chi connectivity index (χ3v) is 6.36. The lowest BCUT2D eigenvalue weighted by molar-refractivity contribution is -0.134. The van der Waals surface area contributed by atoms with Crippen LogP contribution in [0, 0.1) is 5.82 Å². The molecule has 0 N–H and O–H groups in total. The maximum Gasteiger partial charge on any atom is 0.226 e. The molecule has 0 aliphatic carbocycles. The second kappa shape index (κ2) is 8.03. The number of benzene rings is 2. The van der Waals surface area contributed by atoms with Crippen LogP contribution in [0.4, 0.5) is 10.1 Å². The maximum absolute atomic E-state index is 13.7. The van der Waals surface area contributed by atoms with Gasteiger partial charge in [-0.1, -0.05) is 18.2 Å². The molecule has 0 bridgehead atoms. The third-order valence-electron chi connectivity index (χ3n) is 6.36. The summed E-state index contributed by atoms with van der Waals surface area (Å²) in [5.41, 5.74) is 1.67. The van der Waals surface area contributed by atoms with Gasteiger partial charge in [0.1, 0.15) is 11.6 Å². The third kappa shape index (κ3) is 3.69. The molecule has 2 saturated heterocycles. The molecular weight excluding hydrogens is 371 g/mol. The van der Waals surface area contributed by atoms with E-state index < -0.39 is 0 Å². The molecular formula is C23H27FN2O3. The Morgan fingerprint density at radius 2 is 1.90 bits per heavy atom. The highest BCUT2D eigenvalue weighted by Crippen LogP contribution is 2.44. The van der Waals surface area contributed by atoms with Crippen LogP contribution in [0.5, 0.6) is 5.75 Å². The Kier molecular flexibility index (Phi) is 5.46. The van der Waals surface area contributed by atoms with Crippen molar-refractivity contribution in [2.75, 3.05) is 38.8 Å². The zero-order valence-corrected chi connectivity index (χ0v) is 16.9. The number of hydrogen-bond donors (Lipinski definition) is 0. The number of halogens is 1. The van der Waals surface area contributed by atoms with Crippen molar-refractivity contribution in [3.05, 3.63) is 59.9 Å². The number of ether oxygens (including phenoxy) is 2. The molecule has 6 heteroatoms. The number of piperidine rings is 1. The first kappa shape index (κ1) is 19.7. The summed E-state index contributed by atoms with van der Waals surface area (Å²) in [4.78, 5) is 17.0. The van der Waals surface area contributed by atoms with Gasteiger partial charge in [-0.05, 0) is 48.7 Å². The van der Waals surface area contributed by atoms with Gasteiger partial charge in [-0.3, -0.25) is 4.79 Å². The molecule has 0 saturated carbocycles. The average Bonchev–Trinajstić information content (AvgIpc) is 2.73. The molecule has 4 rings (SSSR count). The van der Waals surface area contributed by atoms with Crippen molar-refractivity contribution in [2.45, 2.75) is 30.9 Å². The summed E-state index contributed by atoms with van der Waals surface area (Å²) < 4.78 is 24.7. The number of carbonyl (C=O) groups is 1. The van der Waals surface area contributed by atoms with Gasteiger partial charge in [0.25, 0.3) is 0 Å². The molecule has 29 heavy (non-hydrogen) atoms. The molecule has 2 aromatic rings. The van der Waals surface area contributed by atoms with E-state index in [1.165, 1.54) is 6.07 Å². The van der Waals surface area contributed by atoms with Gasteiger partial charge in [0, 0.05) is 32.4 Å². The number of hydrogen-bond acceptors (Lipinski definition) is 4. The van der Waals surface area contributed by atoms with Gasteiger partial charge in [-0.15, -0.1) is 0 Å². The predicted octanol–water partition coefficient (Wildman–Crippen LogP) is 3.27. The van der Waals surface area contributed by atoms with E-state index in [0.717, 1.165) is 36.4 Å². The molecule has 1 atom stereocenters. The molecule has 0 aromatic heterocycles. The molecule has 2 heterocycles. The zero-order chi connectivity index (χ0) is 20.4. The first-order chi connectivity index (χ1) is 14.1. The largest absolute Gasteiger partial charge is 0.497 e. The summed E-state index contributed by atoms with van der Waals surface area (Å²) in [5, 5.41) is 0. The van der Waals surface area contributed by atoms with E-state index in [4.69, 9.17) is 9.47 Å². The first-order valence-corrected chi connectivity index (χ1v) is 10.0. The van der Waals surface area contributed by atoms with E-state index in [-0.39, 0.29) is 23.4 Å². The van der Waals surface area contributed by atoms with Crippen molar-refractivity contribution >= 4 is 11.6 Å². The second-order valence-corrected chi connectivity index (χ2v) is 7.83. The molecule has 2 aliphatic rings. The molecule has 0 radical (unpaired) electrons. The first-order valence-electron chi connectivity index (χ1n) is 10.0. The van der Waals surface area contributed by atoms with E-state index in [0.29, 0.717) is 19.5 Å². The van der Waals surface area contributed by atoms with E-state index in [1.807, 2.05) is 35.2 Å². The minimum Gasteiger partial charge on any atom is -0.497 e. The molecule has 2 fully saturated rings. The quantitative estimate of drug-likeness (QED) is 0.775. The number of anilines is 1. The van der Waals surface area contributed by atoms with Crippen LogP contribution < -0.4 is 9.64 Å². The lowest BCUT2D eigenvalue weighted by Gasteiger charge is -2.61. The Labute approximate surface area is 171 Å². The molecule has 154 valence electrons. The zero-order valence-electron chi connectivity index (χ0n) is 16.9. The number of likely N-dealkylation sites (tertiary alicyclic amines) is 1. The number of nitrogens with zero attached hydrogens (tertiary/aromatic N) is 2. The van der Waals surface area contributed by atoms with E-state index in [9.17, 15) is 9.18 Å². The minimum atomic E-state index is -0.232. The van der Waals surface area contributed by atoms with Crippen molar-refractivity contribution in [2.24, 2.45) is 0 Å². The summed E-state index contributed by atoms with van der Waals surface area (Å²) in [6, 6.07) is 14.4. The van der Waals surface area contributed by atoms with Gasteiger partial charge in [0.15, 0.2) is 0 Å². The van der Waals surface area contributed by atoms with Crippen LogP contribution in [-0.2, 0) is 16.0 Å². The Bertz CT molecular complexity index is 880. The monoisotopic (exact) mass is 398 g/mol. The SMILES string of the molecule is COc1cccc(CC(=O)N2CCC3(CC2)C(OC)CN3c2cccc(F)c2)c1. The summed E-state index contributed by atoms with van der Waals surface area (Å²) in [6.45, 7) is 2.10. The lowest BCUT2D eigenvalue weighted by Crippen LogP contribution is -2.74. The fraction of sp³-hybridized carbons (Fsp3) is 0.435. The van der Waals surface area contributed by atoms with Gasteiger partial charge in [-0.25, -0.2) is 4.39 Å². The maximum atomic E-state index is 13.7. The summed E-state index contributed by atoms with van der Waals surface area (Å²) in [7, 11) is 3.36. The fourth-order valence-electron chi connectivity index (χ4n) is 4.68. The van der Waals surface area contributed by atoms with Crippen molar-refractivity contribution in [3.8, 4) is 5.75 Å². The molecule has 1 spiro atoms. The van der Waals surface area contributed by atoms with E-state index in [2.05, 4.69) is 4.90 Å². The number of methoxy groups -OCH3 is 2. The van der Waals surface area contributed by atoms with Crippen molar-refractivity contribution < 1.29 is 18.7 Å². The Morgan fingerprint density at radius 3 is 2.59 bits per heavy atom. The van der Waals surface area contributed by atoms with E-state index in [1.54, 1.807) is 26.4 Å². The number of rotatable bonds is 5. The predicted molar refractivity (Wildman–Crippen MR) is 110 cm³/mol. The normalized spacial score (nSPS) is 20.4. The van der Waals surface area contributed by atoms with E-state index >= 15 is 0 Å². The standard InChI is InChI=1S/C23H27FN2O3/c1-28-20-8-3-5-17(13-20)14-22(27)25-11-9-23(10-12-25)21(29-2)16-26(23)19-7-4-6-18(24)15-19/h3-8,13,15,21H,9-12,14,16H2,1-2H3. The summed E-state index contributed by atoms with van der Waals surface area (Å²) >= 11 is 0. The fourth-order valence-corrected chi connectivity index (χ4v) is 4.68. The molecule has 2 aromatic carbocycles. The smallest absolute Gasteiger partial charge is 0.226 e. The molecule has 1 unspecified atom stereocenters. The highest BCUT2D eigenvalue weighted by Gasteiger charge is 2.55. The van der Waals surface area contributed by atoms with Crippen LogP contribution in [0.3, 0.4) is 0 Å². The van der Waals surface area contributed by atoms with Crippen LogP contribution in [-0.4, -0.2) is 56.3 Å². The summed E-state index contributed by atoms with van der Waals surface area (Å²) in [5.74, 6) is 0.652. The number of amides is 1. The highest BCUT2D eigenvalue weighted by molar-refractivity contribution is 5.79. The van der Waals surface area contributed by atoms with Gasteiger partial charge in [0.2, 0.25) is 5.91 Å². The Morgan fingerprint density at radius 1 is 1.14 bits per heavy atom. The highest BCUT2D eigenvalue weighted by atomic mass is 19.1. The average molecular weight is 398 g/mol. The Hall–Kier alpha value is -2.60. The number of carbonyl (C=O) groups excluding carboxylic acids is 1. The second-order valence-electron chi connectivity index (χ2n) is 7.83. The van der Waals surface area contributed by atoms with Gasteiger partial charge in [0.05, 0.1) is 25.2 Å². The van der Waals surface area contributed by atoms with Crippen molar-refractivity contribution in [3.63, 3.8) is 0 Å². The van der Waals surface area contributed by atoms with Gasteiger partial charge >= 0.3 is 0 Å². The molecule has 2 aliphatic heterocycles. The van der Waals surface area contributed by atoms with Crippen LogP contribution >= 0.6 is 0 Å². The molecule has 5 nitrogen and oxygen atoms in total. The lowest BCUT2D eigenvalue weighted by atomic mass is 9.73. The van der Waals surface area contributed by atoms with Crippen LogP contribution in [0.15, 0.2) is 48.5 Å². The van der Waals surface area contributed by atoms with Crippen molar-refractivity contribution in [1.82, 2.24) is 4.90 Å². The Balaban J connectivity index is 1.43. The summed E-state index contributed by atoms with van der Waals surface area (Å²) in [6.07, 6.45) is 2.09. The van der Waals surface area contributed by atoms with Gasteiger partial charge < -0.3 is 19.3 Å². The van der Waals surface area contributed by atoms with Crippen molar-refractivity contribution in [1.29, 1.82) is 0 Å². The topological polar surface area (TPSA) is 42.0 Å². The van der Waals surface area contributed by atoms with Crippen LogP contribution in [0.1, 0.15) is 18.4 Å². The molecule has 1 amide bonds.